The van der Waals surface area contributed by atoms with Crippen LogP contribution in [-0.4, -0.2) is 59.2 Å². The first-order valence-electron chi connectivity index (χ1n) is 13.4. The first kappa shape index (κ1) is 25.4. The third-order valence-corrected chi connectivity index (χ3v) is 7.74. The van der Waals surface area contributed by atoms with Crippen LogP contribution in [0.25, 0.3) is 0 Å². The second kappa shape index (κ2) is 11.0. The highest BCUT2D eigenvalue weighted by Crippen LogP contribution is 2.36. The number of hydrazone groups is 1. The van der Waals surface area contributed by atoms with Gasteiger partial charge >= 0.3 is 0 Å². The number of aryl methyl sites for hydroxylation is 4. The zero-order valence-corrected chi connectivity index (χ0v) is 22.6. The maximum Gasteiger partial charge on any atom is 0.257 e. The molecule has 2 heterocycles. The molecule has 0 aliphatic carbocycles. The van der Waals surface area contributed by atoms with Gasteiger partial charge in [-0.05, 0) is 56.0 Å². The zero-order chi connectivity index (χ0) is 25.9. The van der Waals surface area contributed by atoms with Crippen LogP contribution >= 0.6 is 0 Å². The predicted octanol–water partition coefficient (Wildman–Crippen LogP) is 5.42. The molecule has 37 heavy (non-hydrogen) atoms. The molecule has 3 aromatic rings. The van der Waals surface area contributed by atoms with Crippen molar-refractivity contribution >= 4 is 11.6 Å². The van der Waals surface area contributed by atoms with Gasteiger partial charge in [0.05, 0.1) is 18.3 Å². The van der Waals surface area contributed by atoms with Gasteiger partial charge in [-0.25, -0.2) is 5.01 Å². The molecule has 0 radical (unpaired) electrons. The van der Waals surface area contributed by atoms with E-state index >= 15 is 0 Å². The molecule has 5 heteroatoms. The highest BCUT2D eigenvalue weighted by atomic mass is 16.2. The van der Waals surface area contributed by atoms with Gasteiger partial charge in [0.25, 0.3) is 5.91 Å². The fourth-order valence-corrected chi connectivity index (χ4v) is 5.52. The summed E-state index contributed by atoms with van der Waals surface area (Å²) in [4.78, 5) is 18.5. The molecule has 1 fully saturated rings. The molecule has 0 spiro atoms. The molecule has 2 aliphatic heterocycles. The highest BCUT2D eigenvalue weighted by molar-refractivity contribution is 6.04. The summed E-state index contributed by atoms with van der Waals surface area (Å²) in [6.07, 6.45) is 0.741. The molecule has 3 aromatic carbocycles. The average molecular weight is 495 g/mol. The molecule has 0 N–H and O–H groups in total. The quantitative estimate of drug-likeness (QED) is 0.460. The van der Waals surface area contributed by atoms with Crippen molar-refractivity contribution in [1.29, 1.82) is 0 Å². The van der Waals surface area contributed by atoms with Crippen LogP contribution in [-0.2, 0) is 11.3 Å². The normalized spacial score (nSPS) is 18.8. The van der Waals surface area contributed by atoms with Gasteiger partial charge < -0.3 is 0 Å². The van der Waals surface area contributed by atoms with Crippen LogP contribution in [0.2, 0.25) is 0 Å². The molecule has 1 saturated heterocycles. The van der Waals surface area contributed by atoms with Crippen LogP contribution in [0.4, 0.5) is 0 Å². The van der Waals surface area contributed by atoms with Gasteiger partial charge in [0.15, 0.2) is 0 Å². The predicted molar refractivity (Wildman–Crippen MR) is 151 cm³/mol. The number of amides is 1. The van der Waals surface area contributed by atoms with E-state index in [1.807, 2.05) is 0 Å². The Labute approximate surface area is 221 Å². The fraction of sp³-hybridized carbons (Fsp3) is 0.375. The van der Waals surface area contributed by atoms with E-state index in [-0.39, 0.29) is 11.9 Å². The van der Waals surface area contributed by atoms with Crippen molar-refractivity contribution in [1.82, 2.24) is 14.8 Å². The second-order valence-corrected chi connectivity index (χ2v) is 10.7. The standard InChI is InChI=1S/C32H38N4O/c1-23-10-12-25(3)28(18-23)30-20-31(29-19-24(2)11-13-26(29)4)36(33-30)32(37)22-35-16-14-34(15-17-35)21-27-8-6-5-7-9-27/h5-13,18-19,31H,14-17,20-22H2,1-4H3/t31-/m0/s1. The van der Waals surface area contributed by atoms with Crippen molar-refractivity contribution in [2.24, 2.45) is 5.10 Å². The topological polar surface area (TPSA) is 39.2 Å². The smallest absolute Gasteiger partial charge is 0.257 e. The number of hydrogen-bond donors (Lipinski definition) is 0. The summed E-state index contributed by atoms with van der Waals surface area (Å²) in [7, 11) is 0. The van der Waals surface area contributed by atoms with Crippen LogP contribution in [0, 0.1) is 27.7 Å². The van der Waals surface area contributed by atoms with Gasteiger partial charge in [0, 0.05) is 44.7 Å². The third-order valence-electron chi connectivity index (χ3n) is 7.74. The molecule has 1 amide bonds. The maximum atomic E-state index is 13.8. The lowest BCUT2D eigenvalue weighted by atomic mass is 9.92. The number of nitrogens with zero attached hydrogens (tertiary/aromatic N) is 4. The third kappa shape index (κ3) is 5.84. The van der Waals surface area contributed by atoms with E-state index in [4.69, 9.17) is 5.10 Å². The second-order valence-electron chi connectivity index (χ2n) is 10.7. The first-order valence-corrected chi connectivity index (χ1v) is 13.4. The Morgan fingerprint density at radius 3 is 2.19 bits per heavy atom. The Balaban J connectivity index is 1.32. The van der Waals surface area contributed by atoms with E-state index in [9.17, 15) is 4.79 Å². The van der Waals surface area contributed by atoms with Gasteiger partial charge in [-0.1, -0.05) is 71.8 Å². The van der Waals surface area contributed by atoms with Crippen LogP contribution in [0.15, 0.2) is 71.8 Å². The zero-order valence-electron chi connectivity index (χ0n) is 22.6. The van der Waals surface area contributed by atoms with E-state index in [2.05, 4.69) is 104 Å². The largest absolute Gasteiger partial charge is 0.297 e. The molecule has 1 atom stereocenters. The van der Waals surface area contributed by atoms with E-state index < -0.39 is 0 Å². The van der Waals surface area contributed by atoms with Crippen molar-refractivity contribution in [2.45, 2.75) is 46.7 Å². The molecule has 2 aliphatic rings. The summed E-state index contributed by atoms with van der Waals surface area (Å²) in [5.74, 6) is 0.0859. The van der Waals surface area contributed by atoms with Gasteiger partial charge in [0.2, 0.25) is 0 Å². The van der Waals surface area contributed by atoms with Crippen LogP contribution in [0.3, 0.4) is 0 Å². The van der Waals surface area contributed by atoms with Gasteiger partial charge in [0.1, 0.15) is 0 Å². The van der Waals surface area contributed by atoms with E-state index in [0.717, 1.165) is 50.4 Å². The van der Waals surface area contributed by atoms with Crippen molar-refractivity contribution in [3.8, 4) is 0 Å². The van der Waals surface area contributed by atoms with Crippen LogP contribution in [0.5, 0.6) is 0 Å². The Morgan fingerprint density at radius 1 is 0.811 bits per heavy atom. The van der Waals surface area contributed by atoms with E-state index in [1.54, 1.807) is 5.01 Å². The fourth-order valence-electron chi connectivity index (χ4n) is 5.52. The minimum atomic E-state index is -0.0679. The monoisotopic (exact) mass is 494 g/mol. The molecular weight excluding hydrogens is 456 g/mol. The first-order chi connectivity index (χ1) is 17.9. The van der Waals surface area contributed by atoms with E-state index in [1.165, 1.54) is 33.4 Å². The number of hydrogen-bond acceptors (Lipinski definition) is 4. The van der Waals surface area contributed by atoms with Crippen molar-refractivity contribution in [3.63, 3.8) is 0 Å². The van der Waals surface area contributed by atoms with Gasteiger partial charge in [-0.2, -0.15) is 5.10 Å². The molecule has 5 nitrogen and oxygen atoms in total. The number of rotatable bonds is 6. The minimum absolute atomic E-state index is 0.0679. The number of piperazine rings is 1. The summed E-state index contributed by atoms with van der Waals surface area (Å²) < 4.78 is 0. The molecule has 0 bridgehead atoms. The SMILES string of the molecule is Cc1ccc(C)c(C2=NN(C(=O)CN3CCN(Cc4ccccc4)CC3)[C@H](c3cc(C)ccc3C)C2)c1. The Hall–Kier alpha value is -3.28. The van der Waals surface area contributed by atoms with Crippen LogP contribution < -0.4 is 0 Å². The number of benzene rings is 3. The van der Waals surface area contributed by atoms with E-state index in [0.29, 0.717) is 6.54 Å². The molecular formula is C32H38N4O. The lowest BCUT2D eigenvalue weighted by Crippen LogP contribution is -2.49. The minimum Gasteiger partial charge on any atom is -0.297 e. The molecule has 0 saturated carbocycles. The van der Waals surface area contributed by atoms with Crippen LogP contribution in [0.1, 0.15) is 51.4 Å². The lowest BCUT2D eigenvalue weighted by Gasteiger charge is -2.35. The summed E-state index contributed by atoms with van der Waals surface area (Å²) >= 11 is 0. The molecule has 192 valence electrons. The Bertz CT molecular complexity index is 1290. The Morgan fingerprint density at radius 2 is 1.46 bits per heavy atom. The lowest BCUT2D eigenvalue weighted by molar-refractivity contribution is -0.134. The number of carbonyl (C=O) groups is 1. The molecule has 0 unspecified atom stereocenters. The highest BCUT2D eigenvalue weighted by Gasteiger charge is 2.35. The average Bonchev–Trinajstić information content (AvgIpc) is 3.34. The van der Waals surface area contributed by atoms with Crippen molar-refractivity contribution in [3.05, 3.63) is 106 Å². The van der Waals surface area contributed by atoms with Crippen molar-refractivity contribution < 1.29 is 4.79 Å². The summed E-state index contributed by atoms with van der Waals surface area (Å²) in [6.45, 7) is 13.6. The molecule has 5 rings (SSSR count). The van der Waals surface area contributed by atoms with Crippen molar-refractivity contribution in [2.75, 3.05) is 32.7 Å². The number of carbonyl (C=O) groups excluding carboxylic acids is 1. The van der Waals surface area contributed by atoms with Gasteiger partial charge in [-0.15, -0.1) is 0 Å². The molecule has 0 aromatic heterocycles. The summed E-state index contributed by atoms with van der Waals surface area (Å²) in [5.41, 5.74) is 9.54. The summed E-state index contributed by atoms with van der Waals surface area (Å²) in [6, 6.07) is 23.6. The maximum absolute atomic E-state index is 13.8. The summed E-state index contributed by atoms with van der Waals surface area (Å²) in [5, 5.41) is 6.78. The Kier molecular flexibility index (Phi) is 7.54. The van der Waals surface area contributed by atoms with Gasteiger partial charge in [-0.3, -0.25) is 14.6 Å².